The molecule has 28 heavy (non-hydrogen) atoms. The molecule has 2 aromatic heterocycles. The number of aromatic nitrogens is 6. The molecule has 1 aromatic carbocycles. The minimum atomic E-state index is -4.60. The van der Waals surface area contributed by atoms with E-state index in [2.05, 4.69) is 31.0 Å². The Balaban J connectivity index is 1.75. The van der Waals surface area contributed by atoms with Crippen molar-refractivity contribution in [2.75, 3.05) is 25.6 Å². The van der Waals surface area contributed by atoms with Crippen molar-refractivity contribution in [1.29, 1.82) is 0 Å². The average molecular weight is 452 g/mol. The van der Waals surface area contributed by atoms with Crippen molar-refractivity contribution in [2.45, 2.75) is 16.3 Å². The van der Waals surface area contributed by atoms with Gasteiger partial charge in [0.2, 0.25) is 5.13 Å². The molecule has 0 fully saturated rings. The molecule has 0 aliphatic carbocycles. The number of benzene rings is 1. The molecule has 0 amide bonds. The maximum atomic E-state index is 13.4. The maximum Gasteiger partial charge on any atom is 0.418 e. The van der Waals surface area contributed by atoms with E-state index in [-0.39, 0.29) is 22.3 Å². The molecule has 14 heteroatoms. The summed E-state index contributed by atoms with van der Waals surface area (Å²) < 4.78 is 46.7. The van der Waals surface area contributed by atoms with Gasteiger partial charge in [0.05, 0.1) is 23.6 Å². The third kappa shape index (κ3) is 5.10. The number of hydrogen-bond donors (Lipinski definition) is 1. The molecule has 8 nitrogen and oxygen atoms in total. The predicted octanol–water partition coefficient (Wildman–Crippen LogP) is 3.54. The Labute approximate surface area is 170 Å². The molecule has 0 bridgehead atoms. The third-order valence-electron chi connectivity index (χ3n) is 3.34. The Kier molecular flexibility index (Phi) is 6.69. The number of nitrogens with zero attached hydrogens (tertiary/aromatic N) is 6. The quantitative estimate of drug-likeness (QED) is 0.411. The lowest BCUT2D eigenvalue weighted by molar-refractivity contribution is -0.137. The van der Waals surface area contributed by atoms with Gasteiger partial charge in [0.15, 0.2) is 10.2 Å². The smallest absolute Gasteiger partial charge is 0.383 e. The third-order valence-corrected chi connectivity index (χ3v) is 5.59. The van der Waals surface area contributed by atoms with Gasteiger partial charge in [-0.1, -0.05) is 34.7 Å². The van der Waals surface area contributed by atoms with Crippen molar-refractivity contribution in [3.8, 4) is 5.69 Å². The zero-order valence-corrected chi connectivity index (χ0v) is 16.7. The molecule has 3 rings (SSSR count). The van der Waals surface area contributed by atoms with E-state index in [1.54, 1.807) is 7.11 Å². The number of tetrazole rings is 1. The van der Waals surface area contributed by atoms with E-state index in [1.807, 2.05) is 0 Å². The molecule has 0 saturated heterocycles. The fourth-order valence-electron chi connectivity index (χ4n) is 2.13. The monoisotopic (exact) mass is 451 g/mol. The van der Waals surface area contributed by atoms with Gasteiger partial charge in [-0.15, -0.1) is 15.3 Å². The first-order chi connectivity index (χ1) is 13.4. The molecule has 0 aliphatic rings. The van der Waals surface area contributed by atoms with Crippen LogP contribution in [0, 0.1) is 0 Å². The number of alkyl halides is 3. The van der Waals surface area contributed by atoms with Gasteiger partial charge in [-0.25, -0.2) is 0 Å². The van der Waals surface area contributed by atoms with Crippen molar-refractivity contribution in [3.63, 3.8) is 0 Å². The molecule has 0 spiro atoms. The second-order valence-corrected chi connectivity index (χ2v) is 7.88. The molecule has 0 unspecified atom stereocenters. The molecule has 3 aromatic rings. The molecule has 0 saturated carbocycles. The van der Waals surface area contributed by atoms with E-state index in [9.17, 15) is 13.2 Å². The van der Waals surface area contributed by atoms with E-state index in [0.29, 0.717) is 22.6 Å². The van der Waals surface area contributed by atoms with Crippen LogP contribution in [0.15, 0.2) is 22.5 Å². The molecular formula is C14H13ClF3N7OS2. The van der Waals surface area contributed by atoms with Crippen LogP contribution >= 0.6 is 34.7 Å². The van der Waals surface area contributed by atoms with Gasteiger partial charge < -0.3 is 10.1 Å². The Morgan fingerprint density at radius 1 is 1.29 bits per heavy atom. The minimum Gasteiger partial charge on any atom is -0.383 e. The van der Waals surface area contributed by atoms with Crippen LogP contribution in [-0.2, 0) is 16.7 Å². The second-order valence-electron chi connectivity index (χ2n) is 5.25. The molecule has 1 N–H and O–H groups in total. The largest absolute Gasteiger partial charge is 0.418 e. The van der Waals surface area contributed by atoms with Gasteiger partial charge >= 0.3 is 6.18 Å². The van der Waals surface area contributed by atoms with Crippen LogP contribution in [0.25, 0.3) is 5.69 Å². The zero-order chi connectivity index (χ0) is 20.1. The minimum absolute atomic E-state index is 0.0255. The SMILES string of the molecule is COCCNc1nnc(SCc2nnnn2-c2ccc(Cl)cc2C(F)(F)F)s1. The number of nitrogens with one attached hydrogen (secondary N) is 1. The zero-order valence-electron chi connectivity index (χ0n) is 14.3. The van der Waals surface area contributed by atoms with Gasteiger partial charge in [-0.05, 0) is 28.6 Å². The van der Waals surface area contributed by atoms with Crippen molar-refractivity contribution in [2.24, 2.45) is 0 Å². The summed E-state index contributed by atoms with van der Waals surface area (Å²) in [5.41, 5.74) is -1.12. The highest BCUT2D eigenvalue weighted by Crippen LogP contribution is 2.36. The van der Waals surface area contributed by atoms with Crippen molar-refractivity contribution >= 4 is 39.8 Å². The Bertz CT molecular complexity index is 934. The van der Waals surface area contributed by atoms with Crippen LogP contribution in [0.2, 0.25) is 5.02 Å². The van der Waals surface area contributed by atoms with E-state index in [0.717, 1.165) is 10.7 Å². The summed E-state index contributed by atoms with van der Waals surface area (Å²) in [6.07, 6.45) is -4.60. The lowest BCUT2D eigenvalue weighted by Crippen LogP contribution is -2.13. The molecular weight excluding hydrogens is 439 g/mol. The second kappa shape index (κ2) is 9.03. The first-order valence-electron chi connectivity index (χ1n) is 7.72. The summed E-state index contributed by atoms with van der Waals surface area (Å²) in [5, 5.41) is 22.7. The number of rotatable bonds is 8. The molecule has 150 valence electrons. The normalized spacial score (nSPS) is 11.8. The van der Waals surface area contributed by atoms with Crippen molar-refractivity contribution in [3.05, 3.63) is 34.6 Å². The van der Waals surface area contributed by atoms with Gasteiger partial charge in [-0.3, -0.25) is 0 Å². The number of hydrogen-bond acceptors (Lipinski definition) is 9. The fraction of sp³-hybridized carbons (Fsp3) is 0.357. The highest BCUT2D eigenvalue weighted by molar-refractivity contribution is 8.00. The number of anilines is 1. The van der Waals surface area contributed by atoms with Crippen LogP contribution in [-0.4, -0.2) is 50.7 Å². The average Bonchev–Trinajstić information content (AvgIpc) is 3.28. The number of methoxy groups -OCH3 is 1. The van der Waals surface area contributed by atoms with E-state index < -0.39 is 11.7 Å². The number of thioether (sulfide) groups is 1. The first kappa shape index (κ1) is 20.8. The van der Waals surface area contributed by atoms with Crippen LogP contribution in [0.3, 0.4) is 0 Å². The van der Waals surface area contributed by atoms with Gasteiger partial charge in [0, 0.05) is 18.7 Å². The number of halogens is 4. The van der Waals surface area contributed by atoms with Crippen molar-refractivity contribution < 1.29 is 17.9 Å². The topological polar surface area (TPSA) is 90.6 Å². The van der Waals surface area contributed by atoms with E-state index in [1.165, 1.54) is 35.2 Å². The van der Waals surface area contributed by atoms with Crippen LogP contribution in [0.1, 0.15) is 11.4 Å². The predicted molar refractivity (Wildman–Crippen MR) is 99.0 cm³/mol. The summed E-state index contributed by atoms with van der Waals surface area (Å²) in [4.78, 5) is 0. The summed E-state index contributed by atoms with van der Waals surface area (Å²) >= 11 is 8.30. The Hall–Kier alpha value is -1.96. The summed E-state index contributed by atoms with van der Waals surface area (Å²) in [5.74, 6) is 0.446. The van der Waals surface area contributed by atoms with Gasteiger partial charge in [-0.2, -0.15) is 17.9 Å². The van der Waals surface area contributed by atoms with E-state index in [4.69, 9.17) is 16.3 Å². The lowest BCUT2D eigenvalue weighted by atomic mass is 10.1. The molecule has 0 radical (unpaired) electrons. The van der Waals surface area contributed by atoms with Crippen LogP contribution < -0.4 is 5.32 Å². The molecule has 2 heterocycles. The standard InChI is InChI=1S/C14H13ClF3N7OS2/c1-26-5-4-19-12-21-22-13(28-12)27-7-11-20-23-24-25(11)10-3-2-8(15)6-9(10)14(16,17)18/h2-3,6H,4-5,7H2,1H3,(H,19,21). The van der Waals surface area contributed by atoms with Gasteiger partial charge in [0.1, 0.15) is 0 Å². The highest BCUT2D eigenvalue weighted by Gasteiger charge is 2.35. The van der Waals surface area contributed by atoms with Gasteiger partial charge in [0.25, 0.3) is 0 Å². The molecule has 0 aliphatic heterocycles. The fourth-order valence-corrected chi connectivity index (χ4v) is 3.98. The highest BCUT2D eigenvalue weighted by atomic mass is 35.5. The van der Waals surface area contributed by atoms with Crippen molar-refractivity contribution in [1.82, 2.24) is 30.4 Å². The van der Waals surface area contributed by atoms with Crippen LogP contribution in [0.4, 0.5) is 18.3 Å². The van der Waals surface area contributed by atoms with Crippen LogP contribution in [0.5, 0.6) is 0 Å². The summed E-state index contributed by atoms with van der Waals surface area (Å²) in [7, 11) is 1.60. The summed E-state index contributed by atoms with van der Waals surface area (Å²) in [6, 6.07) is 3.43. The first-order valence-corrected chi connectivity index (χ1v) is 9.90. The number of ether oxygens (including phenoxy) is 1. The van der Waals surface area contributed by atoms with E-state index >= 15 is 0 Å². The maximum absolute atomic E-state index is 13.4. The lowest BCUT2D eigenvalue weighted by Gasteiger charge is -2.13. The Morgan fingerprint density at radius 2 is 2.11 bits per heavy atom. The molecule has 0 atom stereocenters. The summed E-state index contributed by atoms with van der Waals surface area (Å²) in [6.45, 7) is 1.12. The Morgan fingerprint density at radius 3 is 2.86 bits per heavy atom.